The van der Waals surface area contributed by atoms with Crippen LogP contribution in [0.4, 0.5) is 0 Å². The van der Waals surface area contributed by atoms with Crippen LogP contribution in [0.2, 0.25) is 0 Å². The van der Waals surface area contributed by atoms with Gasteiger partial charge in [-0.25, -0.2) is 0 Å². The molecule has 1 heterocycles. The Morgan fingerprint density at radius 3 is 2.94 bits per heavy atom. The van der Waals surface area contributed by atoms with Crippen LogP contribution in [0.5, 0.6) is 5.75 Å². The van der Waals surface area contributed by atoms with Gasteiger partial charge >= 0.3 is 0 Å². The van der Waals surface area contributed by atoms with E-state index in [0.717, 1.165) is 11.3 Å². The van der Waals surface area contributed by atoms with E-state index in [1.165, 1.54) is 0 Å². The highest BCUT2D eigenvalue weighted by molar-refractivity contribution is 5.85. The van der Waals surface area contributed by atoms with Gasteiger partial charge < -0.3 is 15.8 Å². The first-order valence-electron chi connectivity index (χ1n) is 6.27. The molecule has 1 unspecified atom stereocenters. The average molecular weight is 248 g/mol. The van der Waals surface area contributed by atoms with Crippen LogP contribution in [0.3, 0.4) is 0 Å². The van der Waals surface area contributed by atoms with Crippen molar-refractivity contribution in [2.24, 2.45) is 5.73 Å². The molecule has 0 saturated heterocycles. The predicted molar refractivity (Wildman–Crippen MR) is 70.6 cm³/mol. The number of para-hydroxylation sites is 1. The Morgan fingerprint density at radius 2 is 2.22 bits per heavy atom. The van der Waals surface area contributed by atoms with E-state index in [4.69, 9.17) is 10.5 Å². The van der Waals surface area contributed by atoms with Crippen molar-refractivity contribution in [2.75, 3.05) is 13.2 Å². The number of amides is 1. The van der Waals surface area contributed by atoms with Crippen molar-refractivity contribution in [1.82, 2.24) is 5.32 Å². The molecule has 4 heteroatoms. The predicted octanol–water partition coefficient (Wildman–Crippen LogP) is 1.41. The highest BCUT2D eigenvalue weighted by Crippen LogP contribution is 2.33. The van der Waals surface area contributed by atoms with Gasteiger partial charge in [-0.05, 0) is 26.3 Å². The number of nitrogens with two attached hydrogens (primary N) is 1. The standard InChI is InChI=1S/C14H20N2O2/c1-14(2,9-15)16-13(17)11-7-8-18-12-6-4-3-5-10(11)12/h3-6,11H,7-9,15H2,1-2H3,(H,16,17). The van der Waals surface area contributed by atoms with Gasteiger partial charge in [0, 0.05) is 17.6 Å². The van der Waals surface area contributed by atoms with Gasteiger partial charge in [0.1, 0.15) is 5.75 Å². The second kappa shape index (κ2) is 4.98. The lowest BCUT2D eigenvalue weighted by Gasteiger charge is -2.30. The van der Waals surface area contributed by atoms with Gasteiger partial charge in [-0.2, -0.15) is 0 Å². The largest absolute Gasteiger partial charge is 0.493 e. The smallest absolute Gasteiger partial charge is 0.228 e. The zero-order valence-corrected chi connectivity index (χ0v) is 10.9. The Morgan fingerprint density at radius 1 is 1.50 bits per heavy atom. The first kappa shape index (κ1) is 12.9. The topological polar surface area (TPSA) is 64.3 Å². The van der Waals surface area contributed by atoms with Crippen LogP contribution in [-0.4, -0.2) is 24.6 Å². The molecule has 1 aromatic carbocycles. The SMILES string of the molecule is CC(C)(CN)NC(=O)C1CCOc2ccccc21. The third-order valence-corrected chi connectivity index (χ3v) is 3.25. The Labute approximate surface area is 108 Å². The van der Waals surface area contributed by atoms with Crippen LogP contribution in [0.1, 0.15) is 31.7 Å². The van der Waals surface area contributed by atoms with Crippen molar-refractivity contribution in [3.05, 3.63) is 29.8 Å². The molecule has 0 aliphatic carbocycles. The Hall–Kier alpha value is -1.55. The number of hydrogen-bond acceptors (Lipinski definition) is 3. The average Bonchev–Trinajstić information content (AvgIpc) is 2.37. The summed E-state index contributed by atoms with van der Waals surface area (Å²) in [5, 5.41) is 3.00. The molecule has 1 aliphatic rings. The second-order valence-electron chi connectivity index (χ2n) is 5.30. The zero-order valence-electron chi connectivity index (χ0n) is 10.9. The maximum Gasteiger partial charge on any atom is 0.228 e. The van der Waals surface area contributed by atoms with Crippen LogP contribution < -0.4 is 15.8 Å². The molecule has 18 heavy (non-hydrogen) atoms. The van der Waals surface area contributed by atoms with Crippen LogP contribution in [-0.2, 0) is 4.79 Å². The van der Waals surface area contributed by atoms with Crippen molar-refractivity contribution >= 4 is 5.91 Å². The summed E-state index contributed by atoms with van der Waals surface area (Å²) in [6, 6.07) is 7.71. The molecule has 1 aliphatic heterocycles. The maximum absolute atomic E-state index is 12.3. The lowest BCUT2D eigenvalue weighted by molar-refractivity contribution is -0.124. The van der Waals surface area contributed by atoms with Gasteiger partial charge in [-0.15, -0.1) is 0 Å². The quantitative estimate of drug-likeness (QED) is 0.850. The second-order valence-corrected chi connectivity index (χ2v) is 5.30. The minimum absolute atomic E-state index is 0.0289. The fourth-order valence-corrected chi connectivity index (χ4v) is 2.09. The minimum Gasteiger partial charge on any atom is -0.493 e. The fourth-order valence-electron chi connectivity index (χ4n) is 2.09. The van der Waals surface area contributed by atoms with E-state index in [1.807, 2.05) is 38.1 Å². The summed E-state index contributed by atoms with van der Waals surface area (Å²) >= 11 is 0. The van der Waals surface area contributed by atoms with E-state index in [9.17, 15) is 4.79 Å². The van der Waals surface area contributed by atoms with Gasteiger partial charge in [0.2, 0.25) is 5.91 Å². The molecule has 1 atom stereocenters. The van der Waals surface area contributed by atoms with E-state index >= 15 is 0 Å². The molecule has 98 valence electrons. The van der Waals surface area contributed by atoms with Crippen LogP contribution in [0, 0.1) is 0 Å². The summed E-state index contributed by atoms with van der Waals surface area (Å²) in [6.45, 7) is 4.86. The van der Waals surface area contributed by atoms with Crippen molar-refractivity contribution in [3.8, 4) is 5.75 Å². The molecule has 0 fully saturated rings. The lowest BCUT2D eigenvalue weighted by atomic mass is 9.91. The number of carbonyl (C=O) groups excluding carboxylic acids is 1. The van der Waals surface area contributed by atoms with Crippen LogP contribution in [0.15, 0.2) is 24.3 Å². The summed E-state index contributed by atoms with van der Waals surface area (Å²) < 4.78 is 5.56. The molecular weight excluding hydrogens is 228 g/mol. The van der Waals surface area contributed by atoms with Gasteiger partial charge in [-0.3, -0.25) is 4.79 Å². The van der Waals surface area contributed by atoms with Gasteiger partial charge in [-0.1, -0.05) is 18.2 Å². The summed E-state index contributed by atoms with van der Waals surface area (Å²) in [6.07, 6.45) is 0.712. The molecule has 4 nitrogen and oxygen atoms in total. The number of rotatable bonds is 3. The molecule has 2 rings (SSSR count). The Balaban J connectivity index is 2.18. The van der Waals surface area contributed by atoms with Crippen molar-refractivity contribution in [1.29, 1.82) is 0 Å². The Kier molecular flexibility index (Phi) is 3.57. The van der Waals surface area contributed by atoms with Crippen LogP contribution >= 0.6 is 0 Å². The maximum atomic E-state index is 12.3. The molecule has 0 spiro atoms. The third kappa shape index (κ3) is 2.64. The minimum atomic E-state index is -0.371. The van der Waals surface area contributed by atoms with Crippen molar-refractivity contribution in [2.45, 2.75) is 31.7 Å². The lowest BCUT2D eigenvalue weighted by Crippen LogP contribution is -2.50. The van der Waals surface area contributed by atoms with Crippen molar-refractivity contribution in [3.63, 3.8) is 0 Å². The summed E-state index contributed by atoms with van der Waals surface area (Å²) in [5.74, 6) is 0.705. The third-order valence-electron chi connectivity index (χ3n) is 3.25. The van der Waals surface area contributed by atoms with E-state index in [-0.39, 0.29) is 17.4 Å². The summed E-state index contributed by atoms with van der Waals surface area (Å²) in [5.41, 5.74) is 6.24. The summed E-state index contributed by atoms with van der Waals surface area (Å²) in [7, 11) is 0. The molecule has 0 bridgehead atoms. The molecule has 0 aromatic heterocycles. The molecule has 0 radical (unpaired) electrons. The molecule has 0 saturated carbocycles. The number of ether oxygens (including phenoxy) is 1. The number of nitrogens with one attached hydrogen (secondary N) is 1. The number of benzene rings is 1. The molecule has 1 amide bonds. The van der Waals surface area contributed by atoms with E-state index in [0.29, 0.717) is 19.6 Å². The monoisotopic (exact) mass is 248 g/mol. The van der Waals surface area contributed by atoms with Gasteiger partial charge in [0.15, 0.2) is 0 Å². The van der Waals surface area contributed by atoms with Gasteiger partial charge in [0.05, 0.1) is 12.5 Å². The molecular formula is C14H20N2O2. The number of carbonyl (C=O) groups is 1. The van der Waals surface area contributed by atoms with Gasteiger partial charge in [0.25, 0.3) is 0 Å². The zero-order chi connectivity index (χ0) is 13.2. The van der Waals surface area contributed by atoms with Crippen molar-refractivity contribution < 1.29 is 9.53 Å². The first-order chi connectivity index (χ1) is 8.53. The highest BCUT2D eigenvalue weighted by Gasteiger charge is 2.30. The molecule has 1 aromatic rings. The number of fused-ring (bicyclic) bond motifs is 1. The normalized spacial score (nSPS) is 18.7. The van der Waals surface area contributed by atoms with E-state index in [2.05, 4.69) is 5.32 Å². The van der Waals surface area contributed by atoms with E-state index in [1.54, 1.807) is 0 Å². The van der Waals surface area contributed by atoms with E-state index < -0.39 is 0 Å². The number of hydrogen-bond donors (Lipinski definition) is 2. The van der Waals surface area contributed by atoms with Crippen LogP contribution in [0.25, 0.3) is 0 Å². The molecule has 3 N–H and O–H groups in total. The highest BCUT2D eigenvalue weighted by atomic mass is 16.5. The summed E-state index contributed by atoms with van der Waals surface area (Å²) in [4.78, 5) is 12.3. The Bertz CT molecular complexity index is 443. The fraction of sp³-hybridized carbons (Fsp3) is 0.500. The first-order valence-corrected chi connectivity index (χ1v) is 6.27.